The number of amides is 1. The summed E-state index contributed by atoms with van der Waals surface area (Å²) in [5.41, 5.74) is 2.28. The Kier molecular flexibility index (Phi) is 6.84. The molecule has 1 heterocycles. The van der Waals surface area contributed by atoms with E-state index in [9.17, 15) is 14.7 Å². The molecule has 26 heavy (non-hydrogen) atoms. The van der Waals surface area contributed by atoms with Crippen LogP contribution in [0.5, 0.6) is 0 Å². The monoisotopic (exact) mass is 363 g/mol. The molecule has 1 atom stereocenters. The molecule has 0 fully saturated rings. The van der Waals surface area contributed by atoms with Gasteiger partial charge in [0, 0.05) is 19.7 Å². The minimum atomic E-state index is -0.742. The number of carbonyl (C=O) groups is 1. The lowest BCUT2D eigenvalue weighted by molar-refractivity contribution is 0.0937. The second-order valence-corrected chi connectivity index (χ2v) is 6.28. The van der Waals surface area contributed by atoms with Crippen molar-refractivity contribution in [2.24, 2.45) is 0 Å². The fourth-order valence-corrected chi connectivity index (χ4v) is 2.69. The van der Waals surface area contributed by atoms with E-state index in [-0.39, 0.29) is 44.8 Å². The fraction of sp³-hybridized carbons (Fsp3) is 0.500. The van der Waals surface area contributed by atoms with Crippen LogP contribution in [0.4, 0.5) is 0 Å². The summed E-state index contributed by atoms with van der Waals surface area (Å²) in [4.78, 5) is 29.3. The lowest BCUT2D eigenvalue weighted by Crippen LogP contribution is -2.36. The van der Waals surface area contributed by atoms with Gasteiger partial charge in [-0.15, -0.1) is 0 Å². The lowest BCUT2D eigenvalue weighted by Gasteiger charge is -2.15. The molecule has 1 aromatic heterocycles. The van der Waals surface area contributed by atoms with Crippen LogP contribution in [0.3, 0.4) is 0 Å². The normalized spacial score (nSPS) is 12.3. The summed E-state index contributed by atoms with van der Waals surface area (Å²) in [5.74, 6) is -0.645. The molecule has 0 saturated heterocycles. The highest BCUT2D eigenvalue weighted by molar-refractivity contribution is 5.94. The summed E-state index contributed by atoms with van der Waals surface area (Å²) in [6.07, 6.45) is -0.252. The molecule has 0 aliphatic heterocycles. The van der Waals surface area contributed by atoms with E-state index >= 15 is 0 Å². The van der Waals surface area contributed by atoms with Crippen molar-refractivity contribution in [3.05, 3.63) is 39.3 Å². The molecule has 2 aromatic rings. The number of hydrogen-bond acceptors (Lipinski definition) is 6. The van der Waals surface area contributed by atoms with E-state index in [0.29, 0.717) is 11.0 Å². The molecule has 1 aromatic carbocycles. The maximum atomic E-state index is 12.8. The molecule has 0 spiro atoms. The molecule has 1 amide bonds. The number of carbonyl (C=O) groups excluding carboxylic acids is 1. The molecule has 1 unspecified atom stereocenters. The molecule has 0 bridgehead atoms. The van der Waals surface area contributed by atoms with Crippen LogP contribution in [0, 0.1) is 13.8 Å². The Balaban J connectivity index is 2.53. The summed E-state index contributed by atoms with van der Waals surface area (Å²) >= 11 is 0. The van der Waals surface area contributed by atoms with E-state index in [1.165, 1.54) is 4.57 Å². The first-order valence-electron chi connectivity index (χ1n) is 8.58. The first-order valence-corrected chi connectivity index (χ1v) is 8.58. The predicted octanol–water partition coefficient (Wildman–Crippen LogP) is -0.131. The Morgan fingerprint density at radius 2 is 1.88 bits per heavy atom. The Bertz CT molecular complexity index is 847. The molecule has 0 saturated carbocycles. The van der Waals surface area contributed by atoms with Gasteiger partial charge < -0.3 is 25.2 Å². The number of aliphatic hydroxyl groups is 3. The number of aromatic nitrogens is 2. The number of aliphatic hydroxyl groups excluding tert-OH is 3. The predicted molar refractivity (Wildman–Crippen MR) is 97.2 cm³/mol. The van der Waals surface area contributed by atoms with Crippen molar-refractivity contribution in [2.45, 2.75) is 39.3 Å². The fourth-order valence-electron chi connectivity index (χ4n) is 2.69. The number of hydrogen-bond donors (Lipinski definition) is 4. The lowest BCUT2D eigenvalue weighted by atomic mass is 10.1. The molecular formula is C18H25N3O5. The van der Waals surface area contributed by atoms with Crippen LogP contribution in [0.2, 0.25) is 0 Å². The van der Waals surface area contributed by atoms with E-state index in [1.54, 1.807) is 0 Å². The number of benzene rings is 1. The van der Waals surface area contributed by atoms with Crippen molar-refractivity contribution in [3.8, 4) is 0 Å². The maximum absolute atomic E-state index is 12.8. The molecular weight excluding hydrogens is 338 g/mol. The van der Waals surface area contributed by atoms with Gasteiger partial charge in [0.25, 0.3) is 11.5 Å². The quantitative estimate of drug-likeness (QED) is 0.518. The second-order valence-electron chi connectivity index (χ2n) is 6.28. The van der Waals surface area contributed by atoms with Gasteiger partial charge in [-0.25, -0.2) is 4.98 Å². The third-order valence-corrected chi connectivity index (χ3v) is 4.32. The van der Waals surface area contributed by atoms with Crippen LogP contribution in [-0.2, 0) is 6.54 Å². The number of aryl methyl sites for hydroxylation is 3. The molecule has 8 nitrogen and oxygen atoms in total. The minimum absolute atomic E-state index is 0.0279. The zero-order valence-corrected chi connectivity index (χ0v) is 15.0. The maximum Gasteiger partial charge on any atom is 0.282 e. The van der Waals surface area contributed by atoms with Gasteiger partial charge in [-0.05, 0) is 49.9 Å². The largest absolute Gasteiger partial charge is 0.396 e. The van der Waals surface area contributed by atoms with Crippen molar-refractivity contribution in [3.63, 3.8) is 0 Å². The number of fused-ring (bicyclic) bond motifs is 1. The smallest absolute Gasteiger partial charge is 0.282 e. The average molecular weight is 363 g/mol. The van der Waals surface area contributed by atoms with Crippen molar-refractivity contribution < 1.29 is 20.1 Å². The van der Waals surface area contributed by atoms with E-state index < -0.39 is 17.6 Å². The highest BCUT2D eigenvalue weighted by Gasteiger charge is 2.18. The van der Waals surface area contributed by atoms with E-state index in [1.807, 2.05) is 26.0 Å². The van der Waals surface area contributed by atoms with Gasteiger partial charge in [-0.3, -0.25) is 9.59 Å². The van der Waals surface area contributed by atoms with E-state index in [2.05, 4.69) is 10.3 Å². The second kappa shape index (κ2) is 8.88. The highest BCUT2D eigenvalue weighted by atomic mass is 16.3. The van der Waals surface area contributed by atoms with Gasteiger partial charge in [-0.1, -0.05) is 0 Å². The van der Waals surface area contributed by atoms with Crippen LogP contribution in [0.15, 0.2) is 16.9 Å². The zero-order valence-electron chi connectivity index (χ0n) is 15.0. The van der Waals surface area contributed by atoms with Crippen LogP contribution < -0.4 is 10.9 Å². The Labute approximate surface area is 151 Å². The van der Waals surface area contributed by atoms with Gasteiger partial charge in [0.2, 0.25) is 0 Å². The molecule has 0 aliphatic rings. The number of rotatable bonds is 8. The molecule has 2 rings (SSSR count). The van der Waals surface area contributed by atoms with Gasteiger partial charge >= 0.3 is 0 Å². The van der Waals surface area contributed by atoms with Crippen LogP contribution in [-0.4, -0.2) is 56.6 Å². The van der Waals surface area contributed by atoms with Crippen molar-refractivity contribution in [1.29, 1.82) is 0 Å². The van der Waals surface area contributed by atoms with Crippen molar-refractivity contribution in [2.75, 3.05) is 19.8 Å². The van der Waals surface area contributed by atoms with E-state index in [4.69, 9.17) is 10.2 Å². The third kappa shape index (κ3) is 4.46. The zero-order chi connectivity index (χ0) is 19.3. The topological polar surface area (TPSA) is 125 Å². The van der Waals surface area contributed by atoms with Crippen molar-refractivity contribution in [1.82, 2.24) is 14.9 Å². The first kappa shape index (κ1) is 20.0. The summed E-state index contributed by atoms with van der Waals surface area (Å²) in [6.45, 7) is 3.69. The Hall–Kier alpha value is -2.29. The summed E-state index contributed by atoms with van der Waals surface area (Å²) in [5, 5.41) is 30.1. The van der Waals surface area contributed by atoms with Gasteiger partial charge in [-0.2, -0.15) is 0 Å². The molecule has 8 heteroatoms. The highest BCUT2D eigenvalue weighted by Crippen LogP contribution is 2.18. The SMILES string of the molecule is Cc1cc2nc(C(=O)NCCO)c(=O)n(CCC(O)CCO)c2cc1C. The molecule has 0 aliphatic carbocycles. The summed E-state index contributed by atoms with van der Waals surface area (Å²) in [7, 11) is 0. The molecule has 4 N–H and O–H groups in total. The average Bonchev–Trinajstić information content (AvgIpc) is 2.60. The molecule has 0 radical (unpaired) electrons. The van der Waals surface area contributed by atoms with Gasteiger partial charge in [0.15, 0.2) is 5.69 Å². The van der Waals surface area contributed by atoms with Gasteiger partial charge in [0.1, 0.15) is 0 Å². The summed E-state index contributed by atoms with van der Waals surface area (Å²) in [6, 6.07) is 3.65. The third-order valence-electron chi connectivity index (χ3n) is 4.32. The number of nitrogens with zero attached hydrogens (tertiary/aromatic N) is 2. The Morgan fingerprint density at radius 1 is 1.19 bits per heavy atom. The van der Waals surface area contributed by atoms with Crippen molar-refractivity contribution >= 4 is 16.9 Å². The number of nitrogens with one attached hydrogen (secondary N) is 1. The Morgan fingerprint density at radius 3 is 2.54 bits per heavy atom. The van der Waals surface area contributed by atoms with Crippen LogP contribution in [0.1, 0.15) is 34.5 Å². The van der Waals surface area contributed by atoms with Crippen LogP contribution in [0.25, 0.3) is 11.0 Å². The van der Waals surface area contributed by atoms with Crippen LogP contribution >= 0.6 is 0 Å². The summed E-state index contributed by atoms with van der Waals surface area (Å²) < 4.78 is 1.43. The van der Waals surface area contributed by atoms with E-state index in [0.717, 1.165) is 11.1 Å². The first-order chi connectivity index (χ1) is 12.4. The standard InChI is InChI=1S/C18H25N3O5/c1-11-9-14-15(10-12(11)2)21(6-3-13(24)4-7-22)18(26)16(20-14)17(25)19-5-8-23/h9-10,13,22-24H,3-8H2,1-2H3,(H,19,25). The van der Waals surface area contributed by atoms with Gasteiger partial charge in [0.05, 0.1) is 23.7 Å². The minimum Gasteiger partial charge on any atom is -0.396 e. The molecule has 142 valence electrons.